The fraction of sp³-hybridized carbons (Fsp3) is 0.440. The van der Waals surface area contributed by atoms with Crippen LogP contribution in [0.2, 0.25) is 0 Å². The number of hydrogen-bond acceptors (Lipinski definition) is 3. The molecule has 2 aromatic carbocycles. The van der Waals surface area contributed by atoms with Gasteiger partial charge in [0.15, 0.2) is 5.88 Å². The van der Waals surface area contributed by atoms with Gasteiger partial charge in [0.25, 0.3) is 0 Å². The van der Waals surface area contributed by atoms with E-state index >= 15 is 0 Å². The summed E-state index contributed by atoms with van der Waals surface area (Å²) >= 11 is 0. The van der Waals surface area contributed by atoms with Crippen LogP contribution < -0.4 is 5.32 Å². The van der Waals surface area contributed by atoms with Crippen LogP contribution in [0.5, 0.6) is 0 Å². The van der Waals surface area contributed by atoms with Crippen molar-refractivity contribution >= 4 is 10.3 Å². The van der Waals surface area contributed by atoms with Crippen molar-refractivity contribution in [2.75, 3.05) is 6.61 Å². The average Bonchev–Trinajstić information content (AvgIpc) is 2.69. The standard InChI is InChI=1S/C25H35NO2S/c1-19(2)22-16-17-24(27)26-23(22)18-28-29(25(3,4)5,20-12-8-6-9-13-20)21-14-10-7-11-15-21/h6-15,17,19,22-23,26-27H,16,18H2,1-5H3. The van der Waals surface area contributed by atoms with E-state index in [9.17, 15) is 5.11 Å². The van der Waals surface area contributed by atoms with E-state index in [4.69, 9.17) is 4.18 Å². The highest BCUT2D eigenvalue weighted by Gasteiger charge is 2.42. The largest absolute Gasteiger partial charge is 0.495 e. The minimum atomic E-state index is -1.78. The summed E-state index contributed by atoms with van der Waals surface area (Å²) in [6.45, 7) is 11.9. The number of benzene rings is 2. The molecule has 1 aliphatic heterocycles. The molecule has 0 saturated carbocycles. The normalized spacial score (nSPS) is 20.8. The number of rotatable bonds is 6. The van der Waals surface area contributed by atoms with Crippen molar-refractivity contribution in [1.29, 1.82) is 0 Å². The summed E-state index contributed by atoms with van der Waals surface area (Å²) in [5.41, 5.74) is 0. The summed E-state index contributed by atoms with van der Waals surface area (Å²) in [5, 5.41) is 13.4. The van der Waals surface area contributed by atoms with Crippen LogP contribution in [0.4, 0.5) is 0 Å². The van der Waals surface area contributed by atoms with Crippen LogP contribution in [0.25, 0.3) is 0 Å². The Hall–Kier alpha value is -1.91. The highest BCUT2D eigenvalue weighted by atomic mass is 32.3. The maximum Gasteiger partial charge on any atom is 0.180 e. The first-order valence-electron chi connectivity index (χ1n) is 10.5. The predicted octanol–water partition coefficient (Wildman–Crippen LogP) is 6.67. The van der Waals surface area contributed by atoms with E-state index in [-0.39, 0.29) is 16.7 Å². The lowest BCUT2D eigenvalue weighted by Gasteiger charge is -2.51. The van der Waals surface area contributed by atoms with Crippen molar-refractivity contribution in [3.8, 4) is 0 Å². The summed E-state index contributed by atoms with van der Waals surface area (Å²) < 4.78 is 6.92. The molecule has 1 aliphatic rings. The Labute approximate surface area is 177 Å². The average molecular weight is 414 g/mol. The van der Waals surface area contributed by atoms with E-state index < -0.39 is 10.3 Å². The maximum atomic E-state index is 10.1. The van der Waals surface area contributed by atoms with Crippen LogP contribution in [0.15, 0.2) is 82.4 Å². The summed E-state index contributed by atoms with van der Waals surface area (Å²) in [6.07, 6.45) is 2.76. The second-order valence-electron chi connectivity index (χ2n) is 9.06. The van der Waals surface area contributed by atoms with Crippen LogP contribution in [-0.4, -0.2) is 22.5 Å². The van der Waals surface area contributed by atoms with Gasteiger partial charge in [-0.1, -0.05) is 60.6 Å². The Morgan fingerprint density at radius 1 is 1.00 bits per heavy atom. The number of aliphatic hydroxyl groups excluding tert-OH is 1. The van der Waals surface area contributed by atoms with Crippen LogP contribution in [0, 0.1) is 11.8 Å². The van der Waals surface area contributed by atoms with E-state index in [0.717, 1.165) is 6.42 Å². The molecule has 0 spiro atoms. The Morgan fingerprint density at radius 2 is 1.52 bits per heavy atom. The third-order valence-electron chi connectivity index (χ3n) is 5.73. The maximum absolute atomic E-state index is 10.1. The molecule has 3 nitrogen and oxygen atoms in total. The lowest BCUT2D eigenvalue weighted by molar-refractivity contribution is 0.169. The van der Waals surface area contributed by atoms with Crippen molar-refractivity contribution < 1.29 is 9.29 Å². The van der Waals surface area contributed by atoms with Crippen LogP contribution >= 0.6 is 10.3 Å². The van der Waals surface area contributed by atoms with Crippen molar-refractivity contribution in [3.63, 3.8) is 0 Å². The molecule has 0 bridgehead atoms. The zero-order valence-corrected chi connectivity index (χ0v) is 19.1. The van der Waals surface area contributed by atoms with Crippen LogP contribution in [0.3, 0.4) is 0 Å². The van der Waals surface area contributed by atoms with E-state index in [1.807, 2.05) is 6.08 Å². The molecule has 0 amide bonds. The number of aliphatic hydroxyl groups is 1. The highest BCUT2D eigenvalue weighted by Crippen LogP contribution is 2.71. The van der Waals surface area contributed by atoms with Gasteiger partial charge < -0.3 is 14.6 Å². The van der Waals surface area contributed by atoms with E-state index in [2.05, 4.69) is 101 Å². The molecule has 158 valence electrons. The van der Waals surface area contributed by atoms with Gasteiger partial charge in [-0.25, -0.2) is 0 Å². The molecule has 0 saturated heterocycles. The second kappa shape index (κ2) is 8.85. The predicted molar refractivity (Wildman–Crippen MR) is 123 cm³/mol. The molecule has 4 heteroatoms. The third kappa shape index (κ3) is 4.49. The minimum absolute atomic E-state index is 0.0849. The van der Waals surface area contributed by atoms with Gasteiger partial charge >= 0.3 is 0 Å². The van der Waals surface area contributed by atoms with Gasteiger partial charge in [0.1, 0.15) is 0 Å². The van der Waals surface area contributed by atoms with Crippen molar-refractivity contribution in [2.45, 2.75) is 61.6 Å². The molecular weight excluding hydrogens is 378 g/mol. The molecule has 0 aromatic heterocycles. The van der Waals surface area contributed by atoms with Gasteiger partial charge in [-0.15, -0.1) is 0 Å². The molecule has 0 fully saturated rings. The van der Waals surface area contributed by atoms with Gasteiger partial charge in [0.2, 0.25) is 0 Å². The third-order valence-corrected chi connectivity index (χ3v) is 9.81. The molecule has 0 aliphatic carbocycles. The molecule has 1 heterocycles. The van der Waals surface area contributed by atoms with Crippen molar-refractivity contribution in [1.82, 2.24) is 5.32 Å². The fourth-order valence-corrected chi connectivity index (χ4v) is 7.97. The minimum Gasteiger partial charge on any atom is -0.495 e. The van der Waals surface area contributed by atoms with Crippen molar-refractivity contribution in [3.05, 3.63) is 72.6 Å². The molecule has 2 N–H and O–H groups in total. The number of allylic oxidation sites excluding steroid dienone is 1. The van der Waals surface area contributed by atoms with Gasteiger partial charge in [-0.05, 0) is 69.4 Å². The summed E-state index contributed by atoms with van der Waals surface area (Å²) in [6, 6.07) is 21.4. The lowest BCUT2D eigenvalue weighted by Crippen LogP contribution is -2.45. The van der Waals surface area contributed by atoms with Gasteiger partial charge in [0, 0.05) is 14.5 Å². The summed E-state index contributed by atoms with van der Waals surface area (Å²) in [7, 11) is -1.78. The van der Waals surface area contributed by atoms with E-state index in [0.29, 0.717) is 18.4 Å². The zero-order chi connectivity index (χ0) is 21.1. The fourth-order valence-electron chi connectivity index (χ4n) is 4.23. The van der Waals surface area contributed by atoms with E-state index in [1.54, 1.807) is 0 Å². The van der Waals surface area contributed by atoms with Gasteiger partial charge in [0.05, 0.1) is 12.6 Å². The molecule has 29 heavy (non-hydrogen) atoms. The first-order valence-corrected chi connectivity index (χ1v) is 12.0. The first-order chi connectivity index (χ1) is 13.8. The Morgan fingerprint density at radius 3 is 1.97 bits per heavy atom. The monoisotopic (exact) mass is 413 g/mol. The lowest BCUT2D eigenvalue weighted by atomic mass is 9.84. The Balaban J connectivity index is 2.03. The Bertz CT molecular complexity index is 772. The zero-order valence-electron chi connectivity index (χ0n) is 18.3. The first kappa shape index (κ1) is 21.8. The van der Waals surface area contributed by atoms with Gasteiger partial charge in [-0.3, -0.25) is 0 Å². The number of hydrogen-bond donors (Lipinski definition) is 2. The smallest absolute Gasteiger partial charge is 0.180 e. The number of nitrogens with one attached hydrogen (secondary N) is 1. The van der Waals surface area contributed by atoms with E-state index in [1.165, 1.54) is 9.79 Å². The molecule has 2 unspecified atom stereocenters. The quantitative estimate of drug-likeness (QED) is 0.555. The second-order valence-corrected chi connectivity index (χ2v) is 12.6. The highest BCUT2D eigenvalue weighted by molar-refractivity contribution is 8.31. The molecule has 2 aromatic rings. The molecule has 2 atom stereocenters. The Kier molecular flexibility index (Phi) is 6.65. The van der Waals surface area contributed by atoms with Crippen molar-refractivity contribution in [2.24, 2.45) is 11.8 Å². The molecule has 3 rings (SSSR count). The SMILES string of the molecule is CC(C)C1CC=C(O)NC1COS(c1ccccc1)(c1ccccc1)C(C)(C)C. The topological polar surface area (TPSA) is 41.5 Å². The molecule has 0 radical (unpaired) electrons. The molecular formula is C25H35NO2S. The van der Waals surface area contributed by atoms with Crippen LogP contribution in [-0.2, 0) is 4.18 Å². The summed E-state index contributed by atoms with van der Waals surface area (Å²) in [5.74, 6) is 1.20. The van der Waals surface area contributed by atoms with Crippen LogP contribution in [0.1, 0.15) is 41.0 Å². The van der Waals surface area contributed by atoms with Gasteiger partial charge in [-0.2, -0.15) is 0 Å². The summed E-state index contributed by atoms with van der Waals surface area (Å²) in [4.78, 5) is 2.46.